The Kier molecular flexibility index (Phi) is 4.34. The van der Waals surface area contributed by atoms with Crippen molar-refractivity contribution < 1.29 is 0 Å². The number of hydrogen-bond donors (Lipinski definition) is 2. The minimum Gasteiger partial charge on any atom is -0.264 e. The lowest BCUT2D eigenvalue weighted by Gasteiger charge is -2.08. The van der Waals surface area contributed by atoms with Crippen LogP contribution in [0.5, 0.6) is 0 Å². The van der Waals surface area contributed by atoms with Crippen molar-refractivity contribution in [1.29, 1.82) is 0 Å². The van der Waals surface area contributed by atoms with Gasteiger partial charge < -0.3 is 0 Å². The summed E-state index contributed by atoms with van der Waals surface area (Å²) in [5, 5.41) is 7.88. The zero-order valence-electron chi connectivity index (χ0n) is 9.28. The molecule has 0 spiro atoms. The van der Waals surface area contributed by atoms with Crippen molar-refractivity contribution >= 4 is 12.2 Å². The zero-order chi connectivity index (χ0) is 11.1. The summed E-state index contributed by atoms with van der Waals surface area (Å²) in [6.45, 7) is 6.05. The molecule has 1 heterocycles. The van der Waals surface area contributed by atoms with Gasteiger partial charge in [-0.3, -0.25) is 10.9 Å². The van der Waals surface area contributed by atoms with Gasteiger partial charge >= 0.3 is 0 Å². The van der Waals surface area contributed by atoms with E-state index in [1.165, 1.54) is 11.9 Å². The van der Waals surface area contributed by atoms with Gasteiger partial charge in [-0.15, -0.1) is 0 Å². The van der Waals surface area contributed by atoms with E-state index in [9.17, 15) is 0 Å². The summed E-state index contributed by atoms with van der Waals surface area (Å²) in [5.74, 6) is 0.738. The number of benzene rings is 1. The standard InChI is InChI=1S/C9H10N4.C2H6/c1-7-2-4-8(5-3-7)9-12-10-6-11-13-9;1-2/h2-6H,1H3,(H,10,11)(H,12,13);1-2H3. The third-order valence-corrected chi connectivity index (χ3v) is 1.79. The predicted molar refractivity (Wildman–Crippen MR) is 63.8 cm³/mol. The lowest BCUT2D eigenvalue weighted by molar-refractivity contribution is 0.905. The van der Waals surface area contributed by atoms with Gasteiger partial charge in [-0.2, -0.15) is 10.2 Å². The molecule has 1 aromatic rings. The molecule has 4 nitrogen and oxygen atoms in total. The molecule has 80 valence electrons. The van der Waals surface area contributed by atoms with E-state index in [0.29, 0.717) is 0 Å². The summed E-state index contributed by atoms with van der Waals surface area (Å²) in [6, 6.07) is 8.09. The lowest BCUT2D eigenvalue weighted by Crippen LogP contribution is -2.27. The second-order valence-corrected chi connectivity index (χ2v) is 2.83. The first-order chi connectivity index (χ1) is 7.36. The molecule has 1 aliphatic heterocycles. The summed E-state index contributed by atoms with van der Waals surface area (Å²) in [6.07, 6.45) is 1.50. The van der Waals surface area contributed by atoms with Crippen molar-refractivity contribution in [1.82, 2.24) is 10.9 Å². The van der Waals surface area contributed by atoms with E-state index in [-0.39, 0.29) is 0 Å². The summed E-state index contributed by atoms with van der Waals surface area (Å²) in [4.78, 5) is 0. The first-order valence-electron chi connectivity index (χ1n) is 5.04. The molecular formula is C11H16N4. The Morgan fingerprint density at radius 3 is 2.27 bits per heavy atom. The Morgan fingerprint density at radius 2 is 1.73 bits per heavy atom. The average Bonchev–Trinajstić information content (AvgIpc) is 2.34. The van der Waals surface area contributed by atoms with Gasteiger partial charge in [0.1, 0.15) is 6.34 Å². The summed E-state index contributed by atoms with van der Waals surface area (Å²) >= 11 is 0. The Labute approximate surface area is 90.1 Å². The molecule has 2 rings (SSSR count). The molecule has 1 aliphatic rings. The lowest BCUT2D eigenvalue weighted by atomic mass is 10.1. The van der Waals surface area contributed by atoms with Crippen LogP contribution < -0.4 is 10.9 Å². The fourth-order valence-electron chi connectivity index (χ4n) is 1.08. The van der Waals surface area contributed by atoms with Crippen LogP contribution in [0.15, 0.2) is 34.5 Å². The fourth-order valence-corrected chi connectivity index (χ4v) is 1.08. The Hall–Kier alpha value is -1.84. The van der Waals surface area contributed by atoms with Gasteiger partial charge in [0, 0.05) is 5.56 Å². The zero-order valence-corrected chi connectivity index (χ0v) is 9.28. The molecule has 0 fully saturated rings. The van der Waals surface area contributed by atoms with Crippen molar-refractivity contribution in [2.24, 2.45) is 10.2 Å². The van der Waals surface area contributed by atoms with E-state index in [1.807, 2.05) is 38.1 Å². The van der Waals surface area contributed by atoms with Crippen LogP contribution in [0.2, 0.25) is 0 Å². The summed E-state index contributed by atoms with van der Waals surface area (Å²) < 4.78 is 0. The Bertz CT molecular complexity index is 351. The van der Waals surface area contributed by atoms with E-state index < -0.39 is 0 Å². The molecule has 0 radical (unpaired) electrons. The third-order valence-electron chi connectivity index (χ3n) is 1.79. The van der Waals surface area contributed by atoms with Crippen LogP contribution in [-0.4, -0.2) is 12.2 Å². The van der Waals surface area contributed by atoms with Gasteiger partial charge in [0.05, 0.1) is 0 Å². The maximum atomic E-state index is 4.04. The van der Waals surface area contributed by atoms with Crippen molar-refractivity contribution in [3.63, 3.8) is 0 Å². The normalized spacial score (nSPS) is 12.9. The smallest absolute Gasteiger partial charge is 0.173 e. The second-order valence-electron chi connectivity index (χ2n) is 2.83. The van der Waals surface area contributed by atoms with Crippen molar-refractivity contribution in [2.75, 3.05) is 0 Å². The van der Waals surface area contributed by atoms with Crippen LogP contribution in [0.1, 0.15) is 25.0 Å². The van der Waals surface area contributed by atoms with Gasteiger partial charge in [-0.25, -0.2) is 0 Å². The molecule has 0 aromatic heterocycles. The number of rotatable bonds is 1. The first kappa shape index (κ1) is 11.2. The molecular weight excluding hydrogens is 188 g/mol. The van der Waals surface area contributed by atoms with Crippen LogP contribution in [0.4, 0.5) is 0 Å². The highest BCUT2D eigenvalue weighted by Gasteiger charge is 2.03. The highest BCUT2D eigenvalue weighted by Crippen LogP contribution is 2.03. The van der Waals surface area contributed by atoms with E-state index >= 15 is 0 Å². The maximum absolute atomic E-state index is 4.04. The van der Waals surface area contributed by atoms with Gasteiger partial charge in [0.2, 0.25) is 0 Å². The van der Waals surface area contributed by atoms with Crippen LogP contribution in [0, 0.1) is 6.92 Å². The number of nitrogens with zero attached hydrogens (tertiary/aromatic N) is 2. The molecule has 0 saturated carbocycles. The van der Waals surface area contributed by atoms with Gasteiger partial charge in [0.25, 0.3) is 0 Å². The van der Waals surface area contributed by atoms with Crippen molar-refractivity contribution in [3.05, 3.63) is 35.4 Å². The van der Waals surface area contributed by atoms with Crippen molar-refractivity contribution in [2.45, 2.75) is 20.8 Å². The third kappa shape index (κ3) is 3.09. The molecule has 0 saturated heterocycles. The number of hydrogen-bond acceptors (Lipinski definition) is 4. The van der Waals surface area contributed by atoms with Crippen LogP contribution in [-0.2, 0) is 0 Å². The topological polar surface area (TPSA) is 48.8 Å². The maximum Gasteiger partial charge on any atom is 0.173 e. The fraction of sp³-hybridized carbons (Fsp3) is 0.273. The highest BCUT2D eigenvalue weighted by atomic mass is 15.5. The number of nitrogens with one attached hydrogen (secondary N) is 2. The molecule has 0 atom stereocenters. The van der Waals surface area contributed by atoms with Gasteiger partial charge in [-0.05, 0) is 6.92 Å². The molecule has 4 heteroatoms. The minimum atomic E-state index is 0.738. The Balaban J connectivity index is 0.000000531. The SMILES string of the molecule is CC.Cc1ccc(C2=NNC=NN2)cc1. The molecule has 0 unspecified atom stereocenters. The van der Waals surface area contributed by atoms with Gasteiger partial charge in [-0.1, -0.05) is 43.7 Å². The molecule has 2 N–H and O–H groups in total. The van der Waals surface area contributed by atoms with E-state index in [2.05, 4.69) is 28.0 Å². The predicted octanol–water partition coefficient (Wildman–Crippen LogP) is 1.82. The van der Waals surface area contributed by atoms with Gasteiger partial charge in [0.15, 0.2) is 5.84 Å². The van der Waals surface area contributed by atoms with E-state index in [4.69, 9.17) is 0 Å². The quantitative estimate of drug-likeness (QED) is 0.733. The van der Waals surface area contributed by atoms with Crippen LogP contribution in [0.3, 0.4) is 0 Å². The second kappa shape index (κ2) is 5.80. The first-order valence-corrected chi connectivity index (χ1v) is 5.04. The highest BCUT2D eigenvalue weighted by molar-refractivity contribution is 5.99. The van der Waals surface area contributed by atoms with E-state index in [1.54, 1.807) is 0 Å². The number of aryl methyl sites for hydroxylation is 1. The Morgan fingerprint density at radius 1 is 1.07 bits per heavy atom. The largest absolute Gasteiger partial charge is 0.264 e. The average molecular weight is 204 g/mol. The van der Waals surface area contributed by atoms with Crippen LogP contribution >= 0.6 is 0 Å². The van der Waals surface area contributed by atoms with E-state index in [0.717, 1.165) is 11.4 Å². The monoisotopic (exact) mass is 204 g/mol. The molecule has 15 heavy (non-hydrogen) atoms. The van der Waals surface area contributed by atoms with Crippen LogP contribution in [0.25, 0.3) is 0 Å². The molecule has 1 aromatic carbocycles. The molecule has 0 bridgehead atoms. The van der Waals surface area contributed by atoms with Crippen molar-refractivity contribution in [3.8, 4) is 0 Å². The molecule has 0 aliphatic carbocycles. The number of amidine groups is 1. The minimum absolute atomic E-state index is 0.738. The molecule has 0 amide bonds. The number of hydrazone groups is 2. The summed E-state index contributed by atoms with van der Waals surface area (Å²) in [7, 11) is 0. The summed E-state index contributed by atoms with van der Waals surface area (Å²) in [5.41, 5.74) is 7.75.